The summed E-state index contributed by atoms with van der Waals surface area (Å²) in [5, 5.41) is 10.7. The SMILES string of the molecule is Cn1cc2ccc(Cl)nc2c1O. The number of aromatic nitrogens is 2. The summed E-state index contributed by atoms with van der Waals surface area (Å²) in [6.45, 7) is 0. The second kappa shape index (κ2) is 2.38. The molecule has 0 saturated carbocycles. The zero-order chi connectivity index (χ0) is 8.72. The van der Waals surface area contributed by atoms with Crippen molar-refractivity contribution in [3.8, 4) is 5.88 Å². The van der Waals surface area contributed by atoms with E-state index in [0.29, 0.717) is 10.7 Å². The van der Waals surface area contributed by atoms with Gasteiger partial charge in [-0.25, -0.2) is 4.98 Å². The molecule has 2 rings (SSSR count). The van der Waals surface area contributed by atoms with Crippen LogP contribution in [0.2, 0.25) is 5.15 Å². The van der Waals surface area contributed by atoms with Gasteiger partial charge in [-0.15, -0.1) is 0 Å². The maximum Gasteiger partial charge on any atom is 0.218 e. The zero-order valence-electron chi connectivity index (χ0n) is 6.45. The quantitative estimate of drug-likeness (QED) is 0.633. The minimum atomic E-state index is 0.146. The van der Waals surface area contributed by atoms with Gasteiger partial charge < -0.3 is 9.67 Å². The summed E-state index contributed by atoms with van der Waals surface area (Å²) in [6, 6.07) is 3.52. The average Bonchev–Trinajstić information content (AvgIpc) is 2.31. The van der Waals surface area contributed by atoms with E-state index in [1.807, 2.05) is 6.07 Å². The number of aromatic hydroxyl groups is 1. The lowest BCUT2D eigenvalue weighted by Gasteiger charge is -1.92. The molecule has 12 heavy (non-hydrogen) atoms. The number of pyridine rings is 1. The number of fused-ring (bicyclic) bond motifs is 1. The second-order valence-electron chi connectivity index (χ2n) is 2.64. The fourth-order valence-corrected chi connectivity index (χ4v) is 1.31. The molecule has 0 aliphatic heterocycles. The summed E-state index contributed by atoms with van der Waals surface area (Å²) < 4.78 is 1.61. The Balaban J connectivity index is 2.88. The molecule has 62 valence electrons. The smallest absolute Gasteiger partial charge is 0.218 e. The van der Waals surface area contributed by atoms with Crippen LogP contribution in [-0.2, 0) is 7.05 Å². The molecular weight excluding hydrogens is 176 g/mol. The van der Waals surface area contributed by atoms with Gasteiger partial charge in [0.2, 0.25) is 5.88 Å². The Labute approximate surface area is 74.2 Å². The Hall–Kier alpha value is -1.22. The normalized spacial score (nSPS) is 10.8. The third kappa shape index (κ3) is 0.940. The molecule has 0 spiro atoms. The third-order valence-corrected chi connectivity index (χ3v) is 1.98. The number of nitrogens with zero attached hydrogens (tertiary/aromatic N) is 2. The van der Waals surface area contributed by atoms with Crippen LogP contribution in [0.4, 0.5) is 0 Å². The first-order valence-electron chi connectivity index (χ1n) is 3.49. The number of aryl methyl sites for hydroxylation is 1. The van der Waals surface area contributed by atoms with Crippen LogP contribution in [-0.4, -0.2) is 14.7 Å². The number of hydrogen-bond donors (Lipinski definition) is 1. The van der Waals surface area contributed by atoms with Gasteiger partial charge in [-0.3, -0.25) is 0 Å². The van der Waals surface area contributed by atoms with E-state index in [4.69, 9.17) is 11.6 Å². The molecule has 2 aromatic rings. The largest absolute Gasteiger partial charge is 0.493 e. The van der Waals surface area contributed by atoms with Crippen molar-refractivity contribution in [3.63, 3.8) is 0 Å². The summed E-state index contributed by atoms with van der Waals surface area (Å²) in [5.41, 5.74) is 0.546. The first kappa shape index (κ1) is 7.43. The Morgan fingerprint density at radius 3 is 3.00 bits per heavy atom. The molecule has 0 atom stereocenters. The van der Waals surface area contributed by atoms with Gasteiger partial charge in [0.15, 0.2) is 0 Å². The molecule has 3 nitrogen and oxygen atoms in total. The van der Waals surface area contributed by atoms with E-state index in [0.717, 1.165) is 5.39 Å². The minimum Gasteiger partial charge on any atom is -0.493 e. The van der Waals surface area contributed by atoms with E-state index < -0.39 is 0 Å². The van der Waals surface area contributed by atoms with Crippen molar-refractivity contribution in [2.75, 3.05) is 0 Å². The van der Waals surface area contributed by atoms with Crippen molar-refractivity contribution in [1.82, 2.24) is 9.55 Å². The van der Waals surface area contributed by atoms with E-state index in [2.05, 4.69) is 4.98 Å². The van der Waals surface area contributed by atoms with Crippen LogP contribution in [0.5, 0.6) is 5.88 Å². The summed E-state index contributed by atoms with van der Waals surface area (Å²) in [5.74, 6) is 0.146. The molecule has 0 saturated heterocycles. The van der Waals surface area contributed by atoms with Gasteiger partial charge >= 0.3 is 0 Å². The van der Waals surface area contributed by atoms with Gasteiger partial charge in [-0.2, -0.15) is 0 Å². The highest BCUT2D eigenvalue weighted by atomic mass is 35.5. The molecule has 0 bridgehead atoms. The van der Waals surface area contributed by atoms with Crippen LogP contribution >= 0.6 is 11.6 Å². The molecule has 0 aliphatic rings. The van der Waals surface area contributed by atoms with Crippen LogP contribution in [0.3, 0.4) is 0 Å². The number of rotatable bonds is 0. The van der Waals surface area contributed by atoms with E-state index in [9.17, 15) is 5.11 Å². The fraction of sp³-hybridized carbons (Fsp3) is 0.125. The van der Waals surface area contributed by atoms with Crippen molar-refractivity contribution in [2.45, 2.75) is 0 Å². The molecule has 0 unspecified atom stereocenters. The van der Waals surface area contributed by atoms with Crippen molar-refractivity contribution in [1.29, 1.82) is 0 Å². The highest BCUT2D eigenvalue weighted by Gasteiger charge is 2.06. The van der Waals surface area contributed by atoms with E-state index >= 15 is 0 Å². The molecular formula is C8H7ClN2O. The van der Waals surface area contributed by atoms with Gasteiger partial charge in [0.25, 0.3) is 0 Å². The highest BCUT2D eigenvalue weighted by molar-refractivity contribution is 6.29. The Bertz CT molecular complexity index is 436. The summed E-state index contributed by atoms with van der Waals surface area (Å²) in [7, 11) is 1.75. The number of hydrogen-bond acceptors (Lipinski definition) is 2. The summed E-state index contributed by atoms with van der Waals surface area (Å²) >= 11 is 5.67. The topological polar surface area (TPSA) is 38.0 Å². The van der Waals surface area contributed by atoms with E-state index in [1.165, 1.54) is 0 Å². The molecule has 0 radical (unpaired) electrons. The highest BCUT2D eigenvalue weighted by Crippen LogP contribution is 2.25. The predicted molar refractivity (Wildman–Crippen MR) is 47.4 cm³/mol. The molecule has 0 amide bonds. The molecule has 0 aliphatic carbocycles. The maximum atomic E-state index is 9.46. The molecule has 0 fully saturated rings. The monoisotopic (exact) mass is 182 g/mol. The second-order valence-corrected chi connectivity index (χ2v) is 3.02. The average molecular weight is 183 g/mol. The molecule has 4 heteroatoms. The van der Waals surface area contributed by atoms with Crippen LogP contribution in [0, 0.1) is 0 Å². The Morgan fingerprint density at radius 1 is 1.50 bits per heavy atom. The lowest BCUT2D eigenvalue weighted by molar-refractivity contribution is 0.436. The van der Waals surface area contributed by atoms with Crippen molar-refractivity contribution >= 4 is 22.5 Å². The van der Waals surface area contributed by atoms with Gasteiger partial charge in [-0.1, -0.05) is 11.6 Å². The Morgan fingerprint density at radius 2 is 2.25 bits per heavy atom. The Kier molecular flexibility index (Phi) is 1.48. The van der Waals surface area contributed by atoms with Gasteiger partial charge in [-0.05, 0) is 12.1 Å². The van der Waals surface area contributed by atoms with Crippen LogP contribution in [0.15, 0.2) is 18.3 Å². The zero-order valence-corrected chi connectivity index (χ0v) is 7.21. The molecule has 0 aromatic carbocycles. The standard InChI is InChI=1S/C8H7ClN2O/c1-11-4-5-2-3-6(9)10-7(5)8(11)12/h2-4,12H,1H3. The van der Waals surface area contributed by atoms with Crippen LogP contribution in [0.1, 0.15) is 0 Å². The summed E-state index contributed by atoms with van der Waals surface area (Å²) in [6.07, 6.45) is 1.80. The summed E-state index contributed by atoms with van der Waals surface area (Å²) in [4.78, 5) is 3.99. The maximum absolute atomic E-state index is 9.46. The van der Waals surface area contributed by atoms with Gasteiger partial charge in [0.05, 0.1) is 0 Å². The number of halogens is 1. The van der Waals surface area contributed by atoms with Crippen molar-refractivity contribution < 1.29 is 5.11 Å². The van der Waals surface area contributed by atoms with E-state index in [-0.39, 0.29) is 5.88 Å². The fourth-order valence-electron chi connectivity index (χ4n) is 1.17. The minimum absolute atomic E-state index is 0.146. The third-order valence-electron chi connectivity index (χ3n) is 1.77. The molecule has 2 heterocycles. The first-order valence-corrected chi connectivity index (χ1v) is 3.87. The lowest BCUT2D eigenvalue weighted by atomic mass is 10.3. The molecule has 2 aromatic heterocycles. The first-order chi connectivity index (χ1) is 5.68. The van der Waals surface area contributed by atoms with Crippen molar-refractivity contribution in [2.24, 2.45) is 7.05 Å². The van der Waals surface area contributed by atoms with E-state index in [1.54, 1.807) is 23.9 Å². The van der Waals surface area contributed by atoms with Crippen molar-refractivity contribution in [3.05, 3.63) is 23.5 Å². The van der Waals surface area contributed by atoms with Crippen LogP contribution < -0.4 is 0 Å². The van der Waals surface area contributed by atoms with Gasteiger partial charge in [0, 0.05) is 18.6 Å². The molecule has 1 N–H and O–H groups in total. The van der Waals surface area contributed by atoms with Crippen LogP contribution in [0.25, 0.3) is 10.9 Å². The van der Waals surface area contributed by atoms with Gasteiger partial charge in [0.1, 0.15) is 10.7 Å². The predicted octanol–water partition coefficient (Wildman–Crippen LogP) is 1.93. The lowest BCUT2D eigenvalue weighted by Crippen LogP contribution is -1.81.